The molecular weight excluding hydrogens is 368 g/mol. The van der Waals surface area contributed by atoms with Crippen molar-refractivity contribution < 1.29 is 23.4 Å². The van der Waals surface area contributed by atoms with Crippen molar-refractivity contribution in [2.45, 2.75) is 19.6 Å². The van der Waals surface area contributed by atoms with Gasteiger partial charge >= 0.3 is 0 Å². The lowest BCUT2D eigenvalue weighted by molar-refractivity contribution is 0.0739. The molecular formula is C19H18N2O5S. The molecule has 27 heavy (non-hydrogen) atoms. The highest BCUT2D eigenvalue weighted by atomic mass is 32.1. The minimum atomic E-state index is -0.200. The fourth-order valence-electron chi connectivity index (χ4n) is 2.66. The maximum absolute atomic E-state index is 12.6. The minimum absolute atomic E-state index is 0.0393. The monoisotopic (exact) mass is 386 g/mol. The van der Waals surface area contributed by atoms with E-state index in [0.717, 1.165) is 4.88 Å². The lowest BCUT2D eigenvalue weighted by atomic mass is 10.2. The number of ether oxygens (including phenoxy) is 3. The van der Waals surface area contributed by atoms with Gasteiger partial charge in [0, 0.05) is 18.0 Å². The molecule has 3 heterocycles. The lowest BCUT2D eigenvalue weighted by Crippen LogP contribution is -2.29. The highest BCUT2D eigenvalue weighted by molar-refractivity contribution is 7.10. The Morgan fingerprint density at radius 1 is 1.33 bits per heavy atom. The molecule has 3 aromatic rings. The highest BCUT2D eigenvalue weighted by Gasteiger charge is 2.22. The molecule has 7 nitrogen and oxygen atoms in total. The largest absolute Gasteiger partial charge is 0.484 e. The molecule has 0 fully saturated rings. The first kappa shape index (κ1) is 17.4. The minimum Gasteiger partial charge on any atom is -0.484 e. The number of carbonyl (C=O) groups is 1. The van der Waals surface area contributed by atoms with Crippen LogP contribution >= 0.6 is 11.3 Å². The number of hydrogen-bond acceptors (Lipinski definition) is 7. The number of rotatable bonds is 6. The Morgan fingerprint density at radius 2 is 2.19 bits per heavy atom. The fraction of sp³-hybridized carbons (Fsp3) is 0.263. The molecule has 0 bridgehead atoms. The Balaban J connectivity index is 1.38. The van der Waals surface area contributed by atoms with Crippen LogP contribution in [0.1, 0.15) is 34.2 Å². The van der Waals surface area contributed by atoms with E-state index in [2.05, 4.69) is 4.98 Å². The maximum Gasteiger partial charge on any atom is 0.276 e. The van der Waals surface area contributed by atoms with Gasteiger partial charge in [0.25, 0.3) is 5.91 Å². The SMILES string of the molecule is C[C@H](c1cccs1)N(C)C(=O)c1coc(COc2ccc3c(c2)OCO3)n1. The predicted molar refractivity (Wildman–Crippen MR) is 98.2 cm³/mol. The summed E-state index contributed by atoms with van der Waals surface area (Å²) in [6, 6.07) is 9.24. The Kier molecular flexibility index (Phi) is 4.72. The zero-order valence-electron chi connectivity index (χ0n) is 14.9. The van der Waals surface area contributed by atoms with Gasteiger partial charge in [0.1, 0.15) is 12.0 Å². The summed E-state index contributed by atoms with van der Waals surface area (Å²) in [5, 5.41) is 1.99. The van der Waals surface area contributed by atoms with Crippen LogP contribution in [0.25, 0.3) is 0 Å². The fourth-order valence-corrected chi connectivity index (χ4v) is 3.49. The van der Waals surface area contributed by atoms with Crippen molar-refractivity contribution in [3.63, 3.8) is 0 Å². The Morgan fingerprint density at radius 3 is 3.00 bits per heavy atom. The van der Waals surface area contributed by atoms with Crippen LogP contribution in [0.2, 0.25) is 0 Å². The van der Waals surface area contributed by atoms with E-state index in [1.54, 1.807) is 41.5 Å². The lowest BCUT2D eigenvalue weighted by Gasteiger charge is -2.22. The number of aromatic nitrogens is 1. The molecule has 0 aliphatic carbocycles. The second kappa shape index (κ2) is 7.32. The van der Waals surface area contributed by atoms with Crippen LogP contribution in [0.5, 0.6) is 17.2 Å². The molecule has 4 rings (SSSR count). The van der Waals surface area contributed by atoms with Crippen LogP contribution < -0.4 is 14.2 Å². The Bertz CT molecular complexity index is 937. The van der Waals surface area contributed by atoms with E-state index in [9.17, 15) is 4.79 Å². The molecule has 2 aromatic heterocycles. The molecule has 0 radical (unpaired) electrons. The molecule has 0 N–H and O–H groups in total. The molecule has 1 aliphatic heterocycles. The van der Waals surface area contributed by atoms with Crippen molar-refractivity contribution in [3.8, 4) is 17.2 Å². The van der Waals surface area contributed by atoms with Gasteiger partial charge in [-0.1, -0.05) is 6.07 Å². The highest BCUT2D eigenvalue weighted by Crippen LogP contribution is 2.35. The normalized spacial score (nSPS) is 13.4. The van der Waals surface area contributed by atoms with E-state index in [1.807, 2.05) is 24.4 Å². The van der Waals surface area contributed by atoms with Crippen LogP contribution in [0, 0.1) is 0 Å². The molecule has 1 atom stereocenters. The second-order valence-electron chi connectivity index (χ2n) is 6.04. The van der Waals surface area contributed by atoms with Gasteiger partial charge in [-0.15, -0.1) is 11.3 Å². The third-order valence-corrected chi connectivity index (χ3v) is 5.38. The summed E-state index contributed by atoms with van der Waals surface area (Å²) in [6.45, 7) is 2.30. The number of nitrogens with zero attached hydrogens (tertiary/aromatic N) is 2. The average Bonchev–Trinajstić information content (AvgIpc) is 3.45. The van der Waals surface area contributed by atoms with Crippen molar-refractivity contribution in [3.05, 3.63) is 58.4 Å². The second-order valence-corrected chi connectivity index (χ2v) is 7.02. The number of amides is 1. The first-order chi connectivity index (χ1) is 13.1. The quantitative estimate of drug-likeness (QED) is 0.640. The van der Waals surface area contributed by atoms with Crippen LogP contribution in [0.4, 0.5) is 0 Å². The van der Waals surface area contributed by atoms with Crippen molar-refractivity contribution in [1.29, 1.82) is 0 Å². The summed E-state index contributed by atoms with van der Waals surface area (Å²) < 4.78 is 21.6. The number of benzene rings is 1. The molecule has 0 spiro atoms. The molecule has 1 amide bonds. The van der Waals surface area contributed by atoms with E-state index in [0.29, 0.717) is 23.1 Å². The van der Waals surface area contributed by atoms with Crippen molar-refractivity contribution >= 4 is 17.2 Å². The third-order valence-electron chi connectivity index (χ3n) is 4.33. The van der Waals surface area contributed by atoms with Gasteiger partial charge in [-0.05, 0) is 30.5 Å². The zero-order valence-corrected chi connectivity index (χ0v) is 15.7. The van der Waals surface area contributed by atoms with Gasteiger partial charge < -0.3 is 23.5 Å². The molecule has 8 heteroatoms. The van der Waals surface area contributed by atoms with Crippen molar-refractivity contribution in [1.82, 2.24) is 9.88 Å². The summed E-state index contributed by atoms with van der Waals surface area (Å²) in [4.78, 5) is 19.6. The number of fused-ring (bicyclic) bond motifs is 1. The molecule has 140 valence electrons. The molecule has 0 unspecified atom stereocenters. The van der Waals surface area contributed by atoms with Crippen LogP contribution in [0.15, 0.2) is 46.4 Å². The summed E-state index contributed by atoms with van der Waals surface area (Å²) in [7, 11) is 1.75. The molecule has 1 aromatic carbocycles. The number of carbonyl (C=O) groups excluding carboxylic acids is 1. The summed E-state index contributed by atoms with van der Waals surface area (Å²) in [5.74, 6) is 2.06. The first-order valence-corrected chi connectivity index (χ1v) is 9.27. The van der Waals surface area contributed by atoms with E-state index in [-0.39, 0.29) is 31.0 Å². The maximum atomic E-state index is 12.6. The van der Waals surface area contributed by atoms with E-state index in [1.165, 1.54) is 6.26 Å². The van der Waals surface area contributed by atoms with Gasteiger partial charge in [0.2, 0.25) is 12.7 Å². The van der Waals surface area contributed by atoms with Gasteiger partial charge in [0.15, 0.2) is 23.8 Å². The van der Waals surface area contributed by atoms with E-state index < -0.39 is 0 Å². The topological polar surface area (TPSA) is 74.0 Å². The number of oxazole rings is 1. The van der Waals surface area contributed by atoms with Gasteiger partial charge in [-0.3, -0.25) is 4.79 Å². The Labute approximate surface area is 160 Å². The molecule has 0 saturated carbocycles. The van der Waals surface area contributed by atoms with Crippen LogP contribution in [-0.2, 0) is 6.61 Å². The summed E-state index contributed by atoms with van der Waals surface area (Å²) >= 11 is 1.61. The van der Waals surface area contributed by atoms with Crippen LogP contribution in [0.3, 0.4) is 0 Å². The van der Waals surface area contributed by atoms with Crippen molar-refractivity contribution in [2.75, 3.05) is 13.8 Å². The van der Waals surface area contributed by atoms with Gasteiger partial charge in [-0.2, -0.15) is 0 Å². The van der Waals surface area contributed by atoms with Gasteiger partial charge in [0.05, 0.1) is 6.04 Å². The van der Waals surface area contributed by atoms with Crippen molar-refractivity contribution in [2.24, 2.45) is 0 Å². The Hall–Kier alpha value is -3.00. The molecule has 1 aliphatic rings. The first-order valence-electron chi connectivity index (χ1n) is 8.39. The summed E-state index contributed by atoms with van der Waals surface area (Å²) in [6.07, 6.45) is 1.36. The smallest absolute Gasteiger partial charge is 0.276 e. The number of thiophene rings is 1. The van der Waals surface area contributed by atoms with Crippen LogP contribution in [-0.4, -0.2) is 29.6 Å². The molecule has 0 saturated heterocycles. The predicted octanol–water partition coefficient (Wildman–Crippen LogP) is 3.88. The number of hydrogen-bond donors (Lipinski definition) is 0. The zero-order chi connectivity index (χ0) is 18.8. The van der Waals surface area contributed by atoms with Gasteiger partial charge in [-0.25, -0.2) is 4.98 Å². The van der Waals surface area contributed by atoms with E-state index >= 15 is 0 Å². The average molecular weight is 386 g/mol. The summed E-state index contributed by atoms with van der Waals surface area (Å²) in [5.41, 5.74) is 0.255. The van der Waals surface area contributed by atoms with E-state index in [4.69, 9.17) is 18.6 Å². The third kappa shape index (κ3) is 3.61. The standard InChI is InChI=1S/C19H18N2O5S/c1-12(17-4-3-7-27-17)21(2)19(22)14-9-24-18(20-14)10-23-13-5-6-15-16(8-13)26-11-25-15/h3-9,12H,10-11H2,1-2H3/t12-/m1/s1.